The molecule has 0 rings (SSSR count). The van der Waals surface area contributed by atoms with Crippen LogP contribution in [-0.2, 0) is 9.53 Å². The molecule has 0 unspecified atom stereocenters. The number of carbonyl (C=O) groups excluding carboxylic acids is 1. The van der Waals surface area contributed by atoms with Crippen LogP contribution >= 0.6 is 0 Å². The van der Waals surface area contributed by atoms with Crippen molar-refractivity contribution in [3.63, 3.8) is 0 Å². The first-order valence-corrected chi connectivity index (χ1v) is 10.0. The maximum Gasteiger partial charge on any atom is 0.333 e. The SMILES string of the molecule is C=C(C)C(=O)OCCCCCCCC[Si](C)(C)O. The van der Waals surface area contributed by atoms with Crippen molar-refractivity contribution in [1.29, 1.82) is 0 Å². The van der Waals surface area contributed by atoms with Crippen LogP contribution in [0, 0.1) is 0 Å². The Balaban J connectivity index is 3.22. The van der Waals surface area contributed by atoms with Crippen LogP contribution < -0.4 is 0 Å². The zero-order valence-electron chi connectivity index (χ0n) is 12.1. The molecule has 0 amide bonds. The number of unbranched alkanes of at least 4 members (excludes halogenated alkanes) is 5. The van der Waals surface area contributed by atoms with E-state index < -0.39 is 8.32 Å². The molecule has 1 N–H and O–H groups in total. The van der Waals surface area contributed by atoms with Crippen LogP contribution in [0.25, 0.3) is 0 Å². The average Bonchev–Trinajstić information content (AvgIpc) is 2.24. The molecule has 18 heavy (non-hydrogen) atoms. The third kappa shape index (κ3) is 11.9. The minimum absolute atomic E-state index is 0.287. The van der Waals surface area contributed by atoms with E-state index in [1.54, 1.807) is 6.92 Å². The van der Waals surface area contributed by atoms with Gasteiger partial charge in [-0.1, -0.05) is 38.7 Å². The molecule has 4 heteroatoms. The first kappa shape index (κ1) is 17.4. The number of hydrogen-bond donors (Lipinski definition) is 1. The fourth-order valence-electron chi connectivity index (χ4n) is 1.65. The maximum atomic E-state index is 11.1. The molecule has 106 valence electrons. The van der Waals surface area contributed by atoms with Crippen molar-refractivity contribution in [3.8, 4) is 0 Å². The lowest BCUT2D eigenvalue weighted by Gasteiger charge is -2.12. The third-order valence-corrected chi connectivity index (χ3v) is 4.34. The number of esters is 1. The highest BCUT2D eigenvalue weighted by Gasteiger charge is 2.15. The van der Waals surface area contributed by atoms with Crippen LogP contribution in [0.1, 0.15) is 45.4 Å². The largest absolute Gasteiger partial charge is 0.462 e. The Morgan fingerprint density at radius 1 is 1.11 bits per heavy atom. The van der Waals surface area contributed by atoms with E-state index in [1.165, 1.54) is 19.3 Å². The van der Waals surface area contributed by atoms with Crippen LogP contribution in [0.4, 0.5) is 0 Å². The highest BCUT2D eigenvalue weighted by atomic mass is 28.4. The van der Waals surface area contributed by atoms with Crippen molar-refractivity contribution >= 4 is 14.3 Å². The zero-order valence-corrected chi connectivity index (χ0v) is 13.1. The molecular formula is C14H28O3Si. The van der Waals surface area contributed by atoms with Crippen LogP contribution in [0.15, 0.2) is 12.2 Å². The van der Waals surface area contributed by atoms with Crippen molar-refractivity contribution < 1.29 is 14.3 Å². The van der Waals surface area contributed by atoms with Crippen LogP contribution in [0.2, 0.25) is 19.1 Å². The molecule has 0 fully saturated rings. The lowest BCUT2D eigenvalue weighted by atomic mass is 10.1. The molecule has 0 saturated heterocycles. The van der Waals surface area contributed by atoms with E-state index in [1.807, 2.05) is 13.1 Å². The van der Waals surface area contributed by atoms with E-state index in [9.17, 15) is 9.59 Å². The molecule has 0 atom stereocenters. The molecule has 0 aromatic rings. The molecule has 0 radical (unpaired) electrons. The van der Waals surface area contributed by atoms with Crippen molar-refractivity contribution in [1.82, 2.24) is 0 Å². The molecular weight excluding hydrogens is 244 g/mol. The normalized spacial score (nSPS) is 11.3. The second kappa shape index (κ2) is 9.33. The molecule has 0 heterocycles. The first-order valence-electron chi connectivity index (χ1n) is 6.88. The summed E-state index contributed by atoms with van der Waals surface area (Å²) in [6, 6.07) is 1.00. The zero-order chi connectivity index (χ0) is 14.0. The monoisotopic (exact) mass is 272 g/mol. The van der Waals surface area contributed by atoms with Crippen molar-refractivity contribution in [2.45, 2.75) is 64.6 Å². The summed E-state index contributed by atoms with van der Waals surface area (Å²) in [5, 5.41) is 0. The summed E-state index contributed by atoms with van der Waals surface area (Å²) in [4.78, 5) is 20.7. The highest BCUT2D eigenvalue weighted by molar-refractivity contribution is 6.69. The highest BCUT2D eigenvalue weighted by Crippen LogP contribution is 2.13. The van der Waals surface area contributed by atoms with Gasteiger partial charge >= 0.3 is 5.97 Å². The lowest BCUT2D eigenvalue weighted by Crippen LogP contribution is -2.23. The van der Waals surface area contributed by atoms with Gasteiger partial charge in [-0.05, 0) is 32.5 Å². The molecule has 0 aromatic heterocycles. The summed E-state index contributed by atoms with van der Waals surface area (Å²) < 4.78 is 5.01. The average molecular weight is 272 g/mol. The summed E-state index contributed by atoms with van der Waals surface area (Å²) in [5.41, 5.74) is 0.464. The van der Waals surface area contributed by atoms with Crippen molar-refractivity contribution in [2.75, 3.05) is 6.61 Å². The molecule has 0 aliphatic carbocycles. The van der Waals surface area contributed by atoms with Gasteiger partial charge in [0.25, 0.3) is 0 Å². The Hall–Kier alpha value is -0.613. The summed E-state index contributed by atoms with van der Waals surface area (Å²) in [6.07, 6.45) is 6.75. The second-order valence-electron chi connectivity index (χ2n) is 5.60. The minimum Gasteiger partial charge on any atom is -0.462 e. The summed E-state index contributed by atoms with van der Waals surface area (Å²) in [7, 11) is -1.83. The fraction of sp³-hybridized carbons (Fsp3) is 0.786. The van der Waals surface area contributed by atoms with E-state index in [0.717, 1.165) is 25.3 Å². The van der Waals surface area contributed by atoms with Crippen LogP contribution in [0.3, 0.4) is 0 Å². The molecule has 0 aliphatic heterocycles. The van der Waals surface area contributed by atoms with Gasteiger partial charge in [-0.25, -0.2) is 4.79 Å². The lowest BCUT2D eigenvalue weighted by molar-refractivity contribution is -0.139. The Morgan fingerprint density at radius 2 is 1.61 bits per heavy atom. The summed E-state index contributed by atoms with van der Waals surface area (Å²) >= 11 is 0. The standard InChI is InChI=1S/C14H28O3Si/c1-13(2)14(15)17-11-9-7-5-6-8-10-12-18(3,4)16/h16H,1,5-12H2,2-4H3. The first-order chi connectivity index (χ1) is 8.33. The Labute approximate surface area is 112 Å². The molecule has 0 spiro atoms. The van der Waals surface area contributed by atoms with Gasteiger partial charge in [0, 0.05) is 5.57 Å². The van der Waals surface area contributed by atoms with E-state index in [0.29, 0.717) is 12.2 Å². The van der Waals surface area contributed by atoms with E-state index >= 15 is 0 Å². The third-order valence-electron chi connectivity index (χ3n) is 2.76. The topological polar surface area (TPSA) is 46.5 Å². The molecule has 0 bridgehead atoms. The minimum atomic E-state index is -1.83. The van der Waals surface area contributed by atoms with Gasteiger partial charge in [-0.3, -0.25) is 0 Å². The van der Waals surface area contributed by atoms with Gasteiger partial charge in [0.1, 0.15) is 0 Å². The van der Waals surface area contributed by atoms with Gasteiger partial charge in [0.15, 0.2) is 8.32 Å². The van der Waals surface area contributed by atoms with E-state index in [-0.39, 0.29) is 5.97 Å². The second-order valence-corrected chi connectivity index (χ2v) is 9.72. The van der Waals surface area contributed by atoms with Crippen LogP contribution in [0.5, 0.6) is 0 Å². The van der Waals surface area contributed by atoms with Crippen LogP contribution in [-0.4, -0.2) is 25.7 Å². The smallest absolute Gasteiger partial charge is 0.333 e. The van der Waals surface area contributed by atoms with Crippen molar-refractivity contribution in [3.05, 3.63) is 12.2 Å². The Bertz CT molecular complexity index is 256. The van der Waals surface area contributed by atoms with Gasteiger partial charge in [0.05, 0.1) is 6.61 Å². The van der Waals surface area contributed by atoms with Gasteiger partial charge in [0.2, 0.25) is 0 Å². The molecule has 0 saturated carbocycles. The molecule has 0 aromatic carbocycles. The van der Waals surface area contributed by atoms with Gasteiger partial charge in [-0.2, -0.15) is 0 Å². The fourth-order valence-corrected chi connectivity index (χ4v) is 2.77. The predicted octanol–water partition coefficient (Wildman–Crippen LogP) is 3.64. The van der Waals surface area contributed by atoms with Crippen molar-refractivity contribution in [2.24, 2.45) is 0 Å². The van der Waals surface area contributed by atoms with Gasteiger partial charge < -0.3 is 9.53 Å². The predicted molar refractivity (Wildman–Crippen MR) is 78.0 cm³/mol. The summed E-state index contributed by atoms with van der Waals surface area (Å²) in [5.74, 6) is -0.287. The maximum absolute atomic E-state index is 11.1. The van der Waals surface area contributed by atoms with Gasteiger partial charge in [-0.15, -0.1) is 0 Å². The number of carbonyl (C=O) groups is 1. The Morgan fingerprint density at radius 3 is 2.11 bits per heavy atom. The molecule has 0 aliphatic rings. The Kier molecular flexibility index (Phi) is 9.02. The quantitative estimate of drug-likeness (QED) is 0.286. The molecule has 3 nitrogen and oxygen atoms in total. The number of hydrogen-bond acceptors (Lipinski definition) is 3. The van der Waals surface area contributed by atoms with E-state index in [2.05, 4.69) is 6.58 Å². The number of rotatable bonds is 10. The van der Waals surface area contributed by atoms with E-state index in [4.69, 9.17) is 4.74 Å². The summed E-state index contributed by atoms with van der Waals surface area (Å²) in [6.45, 7) is 9.67. The number of ether oxygens (including phenoxy) is 1.